The van der Waals surface area contributed by atoms with Crippen molar-refractivity contribution in [3.05, 3.63) is 29.3 Å². The quantitative estimate of drug-likeness (QED) is 0.877. The monoisotopic (exact) mass is 269 g/mol. The number of rotatable bonds is 4. The smallest absolute Gasteiger partial charge is 0.335 e. The Morgan fingerprint density at radius 3 is 2.32 bits per heavy atom. The molecule has 1 aliphatic carbocycles. The van der Waals surface area contributed by atoms with Crippen LogP contribution in [0.3, 0.4) is 0 Å². The maximum Gasteiger partial charge on any atom is 0.335 e. The van der Waals surface area contributed by atoms with Crippen molar-refractivity contribution in [1.29, 1.82) is 0 Å². The van der Waals surface area contributed by atoms with Crippen LogP contribution in [0.25, 0.3) is 0 Å². The van der Waals surface area contributed by atoms with Gasteiger partial charge in [-0.05, 0) is 30.4 Å². The number of hydrogen-bond donors (Lipinski definition) is 2. The number of anilines is 1. The van der Waals surface area contributed by atoms with Gasteiger partial charge in [-0.2, -0.15) is 0 Å². The summed E-state index contributed by atoms with van der Waals surface area (Å²) in [5.74, 6) is -3.06. The fourth-order valence-electron chi connectivity index (χ4n) is 2.57. The van der Waals surface area contributed by atoms with Crippen molar-refractivity contribution in [2.45, 2.75) is 32.6 Å². The molecule has 0 spiro atoms. The zero-order valence-corrected chi connectivity index (χ0v) is 10.8. The van der Waals surface area contributed by atoms with Gasteiger partial charge in [0.15, 0.2) is 0 Å². The first-order chi connectivity index (χ1) is 8.91. The van der Waals surface area contributed by atoms with E-state index >= 15 is 0 Å². The Morgan fingerprint density at radius 2 is 1.84 bits per heavy atom. The van der Waals surface area contributed by atoms with E-state index in [9.17, 15) is 13.6 Å². The van der Waals surface area contributed by atoms with Crippen LogP contribution in [0.4, 0.5) is 14.5 Å². The normalized spacial score (nSPS) is 17.4. The van der Waals surface area contributed by atoms with Crippen molar-refractivity contribution in [2.75, 3.05) is 11.9 Å². The van der Waals surface area contributed by atoms with E-state index in [2.05, 4.69) is 12.2 Å². The van der Waals surface area contributed by atoms with Crippen molar-refractivity contribution in [3.8, 4) is 0 Å². The maximum absolute atomic E-state index is 13.7. The molecular weight excluding hydrogens is 252 g/mol. The summed E-state index contributed by atoms with van der Waals surface area (Å²) < 4.78 is 27.4. The topological polar surface area (TPSA) is 49.3 Å². The molecule has 0 unspecified atom stereocenters. The number of hydrogen-bond acceptors (Lipinski definition) is 2. The Labute approximate surface area is 110 Å². The average molecular weight is 269 g/mol. The zero-order chi connectivity index (χ0) is 14.0. The molecule has 3 nitrogen and oxygen atoms in total. The minimum Gasteiger partial charge on any atom is -0.478 e. The Morgan fingerprint density at radius 1 is 1.32 bits per heavy atom. The van der Waals surface area contributed by atoms with E-state index in [0.717, 1.165) is 37.8 Å². The predicted octanol–water partition coefficient (Wildman–Crippen LogP) is 3.66. The van der Waals surface area contributed by atoms with E-state index in [4.69, 9.17) is 5.11 Å². The molecule has 5 heteroatoms. The summed E-state index contributed by atoms with van der Waals surface area (Å²) in [5, 5.41) is 11.5. The molecule has 0 bridgehead atoms. The van der Waals surface area contributed by atoms with Gasteiger partial charge in [-0.25, -0.2) is 13.6 Å². The van der Waals surface area contributed by atoms with Gasteiger partial charge in [0, 0.05) is 6.54 Å². The van der Waals surface area contributed by atoms with E-state index in [1.165, 1.54) is 0 Å². The van der Waals surface area contributed by atoms with Crippen molar-refractivity contribution in [3.63, 3.8) is 0 Å². The standard InChI is InChI=1S/C14H17F2NO2/c1-14(4-2-3-5-14)8-17-12-10(15)6-9(13(18)19)7-11(12)16/h6-7,17H,2-5,8H2,1H3,(H,18,19). The van der Waals surface area contributed by atoms with Crippen LogP contribution in [0.1, 0.15) is 43.0 Å². The highest BCUT2D eigenvalue weighted by atomic mass is 19.1. The highest BCUT2D eigenvalue weighted by molar-refractivity contribution is 5.88. The Hall–Kier alpha value is -1.65. The second-order valence-corrected chi connectivity index (χ2v) is 5.49. The number of nitrogens with one attached hydrogen (secondary N) is 1. The molecular formula is C14H17F2NO2. The molecule has 1 aromatic carbocycles. The van der Waals surface area contributed by atoms with E-state index in [-0.39, 0.29) is 16.7 Å². The van der Waals surface area contributed by atoms with Crippen molar-refractivity contribution in [1.82, 2.24) is 0 Å². The maximum atomic E-state index is 13.7. The summed E-state index contributed by atoms with van der Waals surface area (Å²) in [5.41, 5.74) is -0.560. The average Bonchev–Trinajstić information content (AvgIpc) is 2.75. The number of aromatic carboxylic acids is 1. The Balaban J connectivity index is 2.14. The Bertz CT molecular complexity index is 473. The lowest BCUT2D eigenvalue weighted by molar-refractivity contribution is 0.0696. The van der Waals surface area contributed by atoms with Gasteiger partial charge >= 0.3 is 5.97 Å². The van der Waals surface area contributed by atoms with Gasteiger partial charge in [0.25, 0.3) is 0 Å². The molecule has 0 aliphatic heterocycles. The van der Waals surface area contributed by atoms with Crippen LogP contribution in [0.15, 0.2) is 12.1 Å². The van der Waals surface area contributed by atoms with Gasteiger partial charge in [0.05, 0.1) is 5.56 Å². The molecule has 2 rings (SSSR count). The number of halogens is 2. The van der Waals surface area contributed by atoms with Crippen molar-refractivity contribution in [2.24, 2.45) is 5.41 Å². The summed E-state index contributed by atoms with van der Waals surface area (Å²) in [7, 11) is 0. The number of carboxylic acid groups (broad SMARTS) is 1. The second-order valence-electron chi connectivity index (χ2n) is 5.49. The fourth-order valence-corrected chi connectivity index (χ4v) is 2.57. The number of benzene rings is 1. The summed E-state index contributed by atoms with van der Waals surface area (Å²) in [4.78, 5) is 10.7. The van der Waals surface area contributed by atoms with Gasteiger partial charge in [0.2, 0.25) is 0 Å². The van der Waals surface area contributed by atoms with E-state index in [0.29, 0.717) is 6.54 Å². The molecule has 0 aromatic heterocycles. The summed E-state index contributed by atoms with van der Waals surface area (Å²) >= 11 is 0. The lowest BCUT2D eigenvalue weighted by Crippen LogP contribution is -2.24. The Kier molecular flexibility index (Phi) is 3.73. The molecule has 1 saturated carbocycles. The van der Waals surface area contributed by atoms with Crippen LogP contribution in [0.5, 0.6) is 0 Å². The van der Waals surface area contributed by atoms with Crippen molar-refractivity contribution >= 4 is 11.7 Å². The molecule has 1 aliphatic rings. The summed E-state index contributed by atoms with van der Waals surface area (Å²) in [6, 6.07) is 1.68. The lowest BCUT2D eigenvalue weighted by Gasteiger charge is -2.24. The minimum absolute atomic E-state index is 0.0599. The molecule has 2 N–H and O–H groups in total. The van der Waals surface area contributed by atoms with Gasteiger partial charge in [-0.3, -0.25) is 0 Å². The predicted molar refractivity (Wildman–Crippen MR) is 68.4 cm³/mol. The van der Waals surface area contributed by atoms with Gasteiger partial charge in [-0.15, -0.1) is 0 Å². The largest absolute Gasteiger partial charge is 0.478 e. The molecule has 19 heavy (non-hydrogen) atoms. The van der Waals surface area contributed by atoms with E-state index < -0.39 is 17.6 Å². The zero-order valence-electron chi connectivity index (χ0n) is 10.8. The molecule has 104 valence electrons. The SMILES string of the molecule is CC1(CNc2c(F)cc(C(=O)O)cc2F)CCCC1. The lowest BCUT2D eigenvalue weighted by atomic mass is 9.89. The number of carbonyl (C=O) groups is 1. The molecule has 0 heterocycles. The van der Waals surface area contributed by atoms with Crippen LogP contribution in [0.2, 0.25) is 0 Å². The van der Waals surface area contributed by atoms with Crippen LogP contribution < -0.4 is 5.32 Å². The van der Waals surface area contributed by atoms with Crippen LogP contribution >= 0.6 is 0 Å². The molecule has 0 atom stereocenters. The highest BCUT2D eigenvalue weighted by Gasteiger charge is 2.29. The van der Waals surface area contributed by atoms with Crippen LogP contribution in [0, 0.1) is 17.0 Å². The van der Waals surface area contributed by atoms with Gasteiger partial charge < -0.3 is 10.4 Å². The first kappa shape index (κ1) is 13.8. The minimum atomic E-state index is -1.34. The van der Waals surface area contributed by atoms with E-state index in [1.807, 2.05) is 0 Å². The molecule has 0 saturated heterocycles. The van der Waals surface area contributed by atoms with Crippen molar-refractivity contribution < 1.29 is 18.7 Å². The molecule has 1 fully saturated rings. The molecule has 1 aromatic rings. The van der Waals surface area contributed by atoms with E-state index in [1.54, 1.807) is 0 Å². The first-order valence-electron chi connectivity index (χ1n) is 6.37. The third-order valence-electron chi connectivity index (χ3n) is 3.79. The van der Waals surface area contributed by atoms with Gasteiger partial charge in [0.1, 0.15) is 17.3 Å². The summed E-state index contributed by atoms with van der Waals surface area (Å²) in [6.45, 7) is 2.59. The molecule has 0 amide bonds. The first-order valence-corrected chi connectivity index (χ1v) is 6.37. The summed E-state index contributed by atoms with van der Waals surface area (Å²) in [6.07, 6.45) is 4.36. The third-order valence-corrected chi connectivity index (χ3v) is 3.79. The highest BCUT2D eigenvalue weighted by Crippen LogP contribution is 2.37. The third kappa shape index (κ3) is 3.03. The fraction of sp³-hybridized carbons (Fsp3) is 0.500. The van der Waals surface area contributed by atoms with Crippen LogP contribution in [-0.2, 0) is 0 Å². The second kappa shape index (κ2) is 5.15. The number of carboxylic acids is 1. The molecule has 0 radical (unpaired) electrons. The van der Waals surface area contributed by atoms with Gasteiger partial charge in [-0.1, -0.05) is 19.8 Å². The van der Waals surface area contributed by atoms with Crippen LogP contribution in [-0.4, -0.2) is 17.6 Å².